The summed E-state index contributed by atoms with van der Waals surface area (Å²) in [5, 5.41) is 8.63. The van der Waals surface area contributed by atoms with Crippen LogP contribution in [0.25, 0.3) is 0 Å². The second kappa shape index (κ2) is 8.16. The van der Waals surface area contributed by atoms with E-state index in [9.17, 15) is 0 Å². The zero-order valence-corrected chi connectivity index (χ0v) is 9.38. The van der Waals surface area contributed by atoms with Crippen LogP contribution in [-0.2, 0) is 3.67 Å². The van der Waals surface area contributed by atoms with Crippen molar-refractivity contribution in [2.75, 3.05) is 0 Å². The Hall–Kier alpha value is 0.0600. The fourth-order valence-electron chi connectivity index (χ4n) is 0.714. The first-order valence-electron chi connectivity index (χ1n) is 3.42. The monoisotopic (exact) mass is 173 g/mol. The summed E-state index contributed by atoms with van der Waals surface area (Å²) >= 11 is 4.37. The fourth-order valence-corrected chi connectivity index (χ4v) is 1.19. The molecule has 0 unspecified atom stereocenters. The summed E-state index contributed by atoms with van der Waals surface area (Å²) in [4.78, 5) is 0. The summed E-state index contributed by atoms with van der Waals surface area (Å²) in [5.41, 5.74) is 1.47. The molecule has 52 valence electrons. The summed E-state index contributed by atoms with van der Waals surface area (Å²) in [6.07, 6.45) is 0. The van der Waals surface area contributed by atoms with E-state index < -0.39 is 0 Å². The molecule has 0 saturated carbocycles. The first-order chi connectivity index (χ1) is 5.35. The third kappa shape index (κ3) is 6.46. The Morgan fingerprint density at radius 2 is 1.82 bits per heavy atom. The molecule has 0 atom stereocenters. The van der Waals surface area contributed by atoms with Crippen molar-refractivity contribution in [1.82, 2.24) is 0 Å². The van der Waals surface area contributed by atoms with Crippen LogP contribution in [0.1, 0.15) is 5.56 Å². The molecule has 0 fully saturated rings. The maximum atomic E-state index is 7.18. The van der Waals surface area contributed by atoms with Gasteiger partial charge in [-0.3, -0.25) is 0 Å². The van der Waals surface area contributed by atoms with Crippen LogP contribution in [0.2, 0.25) is 0 Å². The first-order valence-corrected chi connectivity index (χ1v) is 5.28. The molecule has 0 saturated heterocycles. The quantitative estimate of drug-likeness (QED) is 0.390. The van der Waals surface area contributed by atoms with Gasteiger partial charge in [0.15, 0.2) is 0 Å². The zero-order valence-electron chi connectivity index (χ0n) is 6.49. The predicted molar refractivity (Wildman–Crippen MR) is 50.5 cm³/mol. The molecule has 0 aromatic heterocycles. The van der Waals surface area contributed by atoms with Crippen LogP contribution in [0, 0.1) is 10.7 Å². The number of thiol groups is 1. The van der Waals surface area contributed by atoms with Crippen LogP contribution < -0.4 is 0 Å². The van der Waals surface area contributed by atoms with Gasteiger partial charge in [0.25, 0.3) is 0 Å². The molecule has 0 aliphatic carbocycles. The summed E-state index contributed by atoms with van der Waals surface area (Å²) in [6, 6.07) is 10.6. The van der Waals surface area contributed by atoms with Gasteiger partial charge in [-0.15, -0.1) is 0 Å². The van der Waals surface area contributed by atoms with Gasteiger partial charge in [0.1, 0.15) is 5.40 Å². The van der Waals surface area contributed by atoms with Crippen LogP contribution in [0.4, 0.5) is 0 Å². The normalized spacial score (nSPS) is 7.45. The van der Waals surface area contributed by atoms with Gasteiger partial charge in [-0.2, -0.15) is 5.26 Å². The van der Waals surface area contributed by atoms with E-state index in [2.05, 4.69) is 43.0 Å². The van der Waals surface area contributed by atoms with Gasteiger partial charge >= 0.3 is 67.5 Å². The summed E-state index contributed by atoms with van der Waals surface area (Å²) in [6.45, 7) is 0. The standard InChI is InChI=1S/C7H7.CHNS.Na/c1-7-5-3-2-4-6-7;2-1-3;/h2-6H,1H2;3H;. The van der Waals surface area contributed by atoms with Gasteiger partial charge in [-0.1, -0.05) is 12.6 Å². The number of hydrogen-bond donors (Lipinski definition) is 1. The SMILES string of the molecule is N#CS.[Na][CH2]c1ccccc1. The Balaban J connectivity index is 0.000000292. The number of rotatable bonds is 1. The zero-order chi connectivity index (χ0) is 8.53. The van der Waals surface area contributed by atoms with Crippen LogP contribution >= 0.6 is 12.6 Å². The van der Waals surface area contributed by atoms with Crippen molar-refractivity contribution in [2.45, 2.75) is 3.67 Å². The molecule has 1 rings (SSSR count). The average molecular weight is 173 g/mol. The fraction of sp³-hybridized carbons (Fsp3) is 0.125. The van der Waals surface area contributed by atoms with Crippen molar-refractivity contribution < 1.29 is 0 Å². The van der Waals surface area contributed by atoms with Gasteiger partial charge in [-0.05, 0) is 0 Å². The second-order valence-electron chi connectivity index (χ2n) is 1.94. The molecule has 1 nitrogen and oxygen atoms in total. The van der Waals surface area contributed by atoms with Gasteiger partial charge < -0.3 is 0 Å². The molecule has 0 amide bonds. The molecule has 3 heteroatoms. The van der Waals surface area contributed by atoms with Crippen LogP contribution in [0.5, 0.6) is 0 Å². The van der Waals surface area contributed by atoms with Crippen molar-refractivity contribution in [1.29, 1.82) is 5.26 Å². The van der Waals surface area contributed by atoms with Crippen LogP contribution in [0.15, 0.2) is 30.3 Å². The predicted octanol–water partition coefficient (Wildman–Crippen LogP) is 1.75. The van der Waals surface area contributed by atoms with E-state index in [1.54, 1.807) is 0 Å². The summed E-state index contributed by atoms with van der Waals surface area (Å²) < 4.78 is 1.28. The minimum atomic E-state index is 1.28. The topological polar surface area (TPSA) is 23.8 Å². The van der Waals surface area contributed by atoms with Crippen molar-refractivity contribution in [3.05, 3.63) is 35.9 Å². The first kappa shape index (κ1) is 11.1. The van der Waals surface area contributed by atoms with Crippen LogP contribution in [0.3, 0.4) is 0 Å². The summed E-state index contributed by atoms with van der Waals surface area (Å²) in [7, 11) is 0. The van der Waals surface area contributed by atoms with Gasteiger partial charge in [0.2, 0.25) is 0 Å². The Labute approximate surface area is 90.2 Å². The molecule has 0 radical (unpaired) electrons. The van der Waals surface area contributed by atoms with Gasteiger partial charge in [0, 0.05) is 0 Å². The number of thiocyanates is 1. The van der Waals surface area contributed by atoms with Crippen LogP contribution in [-0.4, -0.2) is 27.9 Å². The molecular formula is C8H8NNaS. The molecule has 0 aliphatic rings. The molecular weight excluding hydrogens is 165 g/mol. The van der Waals surface area contributed by atoms with Gasteiger partial charge in [0.05, 0.1) is 0 Å². The molecule has 11 heavy (non-hydrogen) atoms. The third-order valence-electron chi connectivity index (χ3n) is 1.25. The molecule has 0 heterocycles. The molecule has 1 aromatic carbocycles. The Morgan fingerprint density at radius 3 is 2.09 bits per heavy atom. The minimum absolute atomic E-state index is 1.28. The average Bonchev–Trinajstić information content (AvgIpc) is 2.08. The molecule has 0 bridgehead atoms. The maximum absolute atomic E-state index is 7.18. The van der Waals surface area contributed by atoms with Crippen molar-refractivity contribution >= 4 is 40.6 Å². The van der Waals surface area contributed by atoms with Crippen molar-refractivity contribution in [3.63, 3.8) is 0 Å². The number of hydrogen-bond acceptors (Lipinski definition) is 2. The molecule has 0 spiro atoms. The number of nitriles is 1. The number of benzene rings is 1. The Morgan fingerprint density at radius 1 is 1.36 bits per heavy atom. The second-order valence-corrected chi connectivity index (χ2v) is 2.85. The van der Waals surface area contributed by atoms with E-state index in [0.717, 1.165) is 0 Å². The van der Waals surface area contributed by atoms with E-state index in [1.807, 2.05) is 0 Å². The molecule has 0 N–H and O–H groups in total. The molecule has 0 aliphatic heterocycles. The number of nitrogens with zero attached hydrogens (tertiary/aromatic N) is 1. The van der Waals surface area contributed by atoms with E-state index in [-0.39, 0.29) is 0 Å². The van der Waals surface area contributed by atoms with E-state index >= 15 is 0 Å². The van der Waals surface area contributed by atoms with Crippen molar-refractivity contribution in [3.8, 4) is 5.40 Å². The Bertz CT molecular complexity index is 217. The third-order valence-corrected chi connectivity index (χ3v) is 2.07. The summed E-state index contributed by atoms with van der Waals surface area (Å²) in [5.74, 6) is 0. The van der Waals surface area contributed by atoms with E-state index in [4.69, 9.17) is 5.26 Å². The van der Waals surface area contributed by atoms with E-state index in [1.165, 1.54) is 42.6 Å². The van der Waals surface area contributed by atoms with E-state index in [0.29, 0.717) is 0 Å². The van der Waals surface area contributed by atoms with Crippen molar-refractivity contribution in [2.24, 2.45) is 0 Å². The Kier molecular flexibility index (Phi) is 8.20. The van der Waals surface area contributed by atoms with Gasteiger partial charge in [-0.25, -0.2) is 0 Å². The molecule has 1 aromatic rings.